The summed E-state index contributed by atoms with van der Waals surface area (Å²) in [4.78, 5) is 34.4. The fraction of sp³-hybridized carbons (Fsp3) is 0.450. The van der Waals surface area contributed by atoms with Gasteiger partial charge in [-0.05, 0) is 27.1 Å². The second kappa shape index (κ2) is 9.23. The third-order valence-corrected chi connectivity index (χ3v) is 5.00. The van der Waals surface area contributed by atoms with Crippen LogP contribution < -0.4 is 16.0 Å². The highest BCUT2D eigenvalue weighted by atomic mass is 16.5. The lowest BCUT2D eigenvalue weighted by molar-refractivity contribution is 0.0948. The summed E-state index contributed by atoms with van der Waals surface area (Å²) in [5, 5.41) is 2.94. The van der Waals surface area contributed by atoms with Gasteiger partial charge in [-0.1, -0.05) is 0 Å². The monoisotopic (exact) mass is 425 g/mol. The molecule has 4 rings (SSSR count). The molecule has 0 atom stereocenters. The van der Waals surface area contributed by atoms with Crippen molar-refractivity contribution in [1.82, 2.24) is 34.6 Å². The molecule has 1 fully saturated rings. The van der Waals surface area contributed by atoms with Gasteiger partial charge in [0.05, 0.1) is 18.9 Å². The van der Waals surface area contributed by atoms with Crippen molar-refractivity contribution in [2.24, 2.45) is 0 Å². The number of amides is 1. The van der Waals surface area contributed by atoms with Crippen molar-refractivity contribution < 1.29 is 9.53 Å². The van der Waals surface area contributed by atoms with Gasteiger partial charge in [-0.2, -0.15) is 0 Å². The molecule has 11 nitrogen and oxygen atoms in total. The molecule has 1 aliphatic heterocycles. The number of hydrogen-bond acceptors (Lipinski definition) is 9. The Morgan fingerprint density at radius 2 is 1.94 bits per heavy atom. The number of carbonyl (C=O) groups is 1. The number of anilines is 2. The molecule has 0 radical (unpaired) electrons. The third-order valence-electron chi connectivity index (χ3n) is 5.00. The number of nitrogens with zero attached hydrogens (tertiary/aromatic N) is 7. The predicted molar refractivity (Wildman–Crippen MR) is 117 cm³/mol. The Hall–Kier alpha value is -3.31. The van der Waals surface area contributed by atoms with Crippen LogP contribution in [0.4, 0.5) is 11.8 Å². The molecule has 3 aromatic rings. The van der Waals surface area contributed by atoms with Crippen LogP contribution in [0.15, 0.2) is 24.8 Å². The zero-order valence-electron chi connectivity index (χ0n) is 17.8. The Bertz CT molecular complexity index is 1040. The Morgan fingerprint density at radius 3 is 2.65 bits per heavy atom. The summed E-state index contributed by atoms with van der Waals surface area (Å²) in [5.41, 5.74) is 8.00. The van der Waals surface area contributed by atoms with Gasteiger partial charge in [0, 0.05) is 50.0 Å². The van der Waals surface area contributed by atoms with Gasteiger partial charge in [-0.15, -0.1) is 0 Å². The molecule has 0 bridgehead atoms. The number of ether oxygens (including phenoxy) is 1. The molecule has 1 aliphatic rings. The second-order valence-electron chi connectivity index (χ2n) is 7.65. The van der Waals surface area contributed by atoms with Gasteiger partial charge in [0.1, 0.15) is 5.69 Å². The standard InChI is InChI=1S/C20H27N9O2/c1-27(2)5-3-4-22-19(30)16-13-29-12-15(14-10-23-20(21)24-11-14)25-17(18(29)26-16)28-6-8-31-9-7-28/h10-13H,3-9H2,1-2H3,(H,22,30)(H2,21,23,24). The number of nitrogen functional groups attached to an aromatic ring is 1. The summed E-state index contributed by atoms with van der Waals surface area (Å²) in [6.45, 7) is 4.12. The number of imidazole rings is 1. The Balaban J connectivity index is 1.66. The number of carbonyl (C=O) groups excluding carboxylic acids is 1. The number of aromatic nitrogens is 5. The first-order chi connectivity index (χ1) is 15.0. The molecular weight excluding hydrogens is 398 g/mol. The first-order valence-electron chi connectivity index (χ1n) is 10.2. The number of fused-ring (bicyclic) bond motifs is 1. The number of hydrogen-bond donors (Lipinski definition) is 2. The van der Waals surface area contributed by atoms with Crippen LogP contribution in [0.2, 0.25) is 0 Å². The SMILES string of the molecule is CN(C)CCCNC(=O)c1cn2cc(-c3cnc(N)nc3)nc(N3CCOCC3)c2n1. The summed E-state index contributed by atoms with van der Waals surface area (Å²) in [6.07, 6.45) is 7.69. The maximum absolute atomic E-state index is 12.7. The molecule has 0 spiro atoms. The molecule has 0 aromatic carbocycles. The van der Waals surface area contributed by atoms with E-state index < -0.39 is 0 Å². The molecule has 0 unspecified atom stereocenters. The smallest absolute Gasteiger partial charge is 0.271 e. The van der Waals surface area contributed by atoms with Crippen molar-refractivity contribution in [3.8, 4) is 11.3 Å². The Labute approximate surface area is 180 Å². The van der Waals surface area contributed by atoms with Gasteiger partial charge >= 0.3 is 0 Å². The van der Waals surface area contributed by atoms with E-state index in [2.05, 4.69) is 30.1 Å². The summed E-state index contributed by atoms with van der Waals surface area (Å²) < 4.78 is 7.31. The molecule has 4 heterocycles. The van der Waals surface area contributed by atoms with E-state index in [9.17, 15) is 4.79 Å². The molecule has 0 saturated carbocycles. The largest absolute Gasteiger partial charge is 0.378 e. The summed E-state index contributed by atoms with van der Waals surface area (Å²) in [7, 11) is 4.02. The first kappa shape index (κ1) is 20.9. The fourth-order valence-electron chi connectivity index (χ4n) is 3.38. The number of rotatable bonds is 7. The van der Waals surface area contributed by atoms with Gasteiger partial charge in [-0.3, -0.25) is 4.79 Å². The van der Waals surface area contributed by atoms with Crippen LogP contribution in [0, 0.1) is 0 Å². The fourth-order valence-corrected chi connectivity index (χ4v) is 3.38. The molecular formula is C20H27N9O2. The lowest BCUT2D eigenvalue weighted by Crippen LogP contribution is -2.37. The van der Waals surface area contributed by atoms with Crippen LogP contribution in [-0.4, -0.2) is 88.6 Å². The summed E-state index contributed by atoms with van der Waals surface area (Å²) in [6, 6.07) is 0. The lowest BCUT2D eigenvalue weighted by atomic mass is 10.2. The highest BCUT2D eigenvalue weighted by Gasteiger charge is 2.21. The Morgan fingerprint density at radius 1 is 1.19 bits per heavy atom. The molecule has 0 aliphatic carbocycles. The molecule has 1 amide bonds. The minimum absolute atomic E-state index is 0.201. The van der Waals surface area contributed by atoms with Crippen LogP contribution in [0.1, 0.15) is 16.9 Å². The van der Waals surface area contributed by atoms with E-state index >= 15 is 0 Å². The maximum atomic E-state index is 12.7. The molecule has 3 aromatic heterocycles. The van der Waals surface area contributed by atoms with Crippen molar-refractivity contribution in [3.63, 3.8) is 0 Å². The van der Waals surface area contributed by atoms with Gasteiger partial charge in [-0.25, -0.2) is 19.9 Å². The van der Waals surface area contributed by atoms with Crippen molar-refractivity contribution in [1.29, 1.82) is 0 Å². The van der Waals surface area contributed by atoms with E-state index in [1.54, 1.807) is 18.6 Å². The molecule has 164 valence electrons. The highest BCUT2D eigenvalue weighted by molar-refractivity contribution is 5.93. The average Bonchev–Trinajstić information content (AvgIpc) is 3.21. The van der Waals surface area contributed by atoms with Crippen LogP contribution in [0.3, 0.4) is 0 Å². The summed E-state index contributed by atoms with van der Waals surface area (Å²) >= 11 is 0. The average molecular weight is 425 g/mol. The van der Waals surface area contributed by atoms with E-state index in [4.69, 9.17) is 15.5 Å². The Kier molecular flexibility index (Phi) is 6.23. The number of nitrogens with two attached hydrogens (primary N) is 1. The van der Waals surface area contributed by atoms with Crippen molar-refractivity contribution in [2.45, 2.75) is 6.42 Å². The highest BCUT2D eigenvalue weighted by Crippen LogP contribution is 2.25. The lowest BCUT2D eigenvalue weighted by Gasteiger charge is -2.28. The van der Waals surface area contributed by atoms with Gasteiger partial charge < -0.3 is 30.0 Å². The zero-order valence-corrected chi connectivity index (χ0v) is 17.8. The summed E-state index contributed by atoms with van der Waals surface area (Å²) in [5.74, 6) is 0.700. The quantitative estimate of drug-likeness (QED) is 0.513. The van der Waals surface area contributed by atoms with Gasteiger partial charge in [0.2, 0.25) is 5.95 Å². The maximum Gasteiger partial charge on any atom is 0.271 e. The van der Waals surface area contributed by atoms with E-state index in [0.717, 1.165) is 18.5 Å². The van der Waals surface area contributed by atoms with Gasteiger partial charge in [0.25, 0.3) is 5.91 Å². The minimum Gasteiger partial charge on any atom is -0.378 e. The van der Waals surface area contributed by atoms with Gasteiger partial charge in [0.15, 0.2) is 11.5 Å². The van der Waals surface area contributed by atoms with Crippen LogP contribution in [-0.2, 0) is 4.74 Å². The number of morpholine rings is 1. The van der Waals surface area contributed by atoms with Crippen LogP contribution in [0.5, 0.6) is 0 Å². The van der Waals surface area contributed by atoms with E-state index in [1.165, 1.54) is 0 Å². The van der Waals surface area contributed by atoms with Crippen molar-refractivity contribution in [3.05, 3.63) is 30.5 Å². The van der Waals surface area contributed by atoms with Crippen molar-refractivity contribution in [2.75, 3.05) is 64.1 Å². The zero-order chi connectivity index (χ0) is 21.8. The predicted octanol–water partition coefficient (Wildman–Crippen LogP) is 0.287. The van der Waals surface area contributed by atoms with E-state index in [0.29, 0.717) is 55.7 Å². The van der Waals surface area contributed by atoms with Crippen molar-refractivity contribution >= 4 is 23.3 Å². The second-order valence-corrected chi connectivity index (χ2v) is 7.65. The molecule has 31 heavy (non-hydrogen) atoms. The minimum atomic E-state index is -0.201. The van der Waals surface area contributed by atoms with E-state index in [-0.39, 0.29) is 11.9 Å². The van der Waals surface area contributed by atoms with E-state index in [1.807, 2.05) is 24.7 Å². The topological polar surface area (TPSA) is 127 Å². The first-order valence-corrected chi connectivity index (χ1v) is 10.2. The number of nitrogens with one attached hydrogen (secondary N) is 1. The molecule has 3 N–H and O–H groups in total. The third kappa shape index (κ3) is 4.89. The normalized spacial score (nSPS) is 14.4. The van der Waals surface area contributed by atoms with Crippen LogP contribution in [0.25, 0.3) is 16.9 Å². The molecule has 11 heteroatoms. The van der Waals surface area contributed by atoms with Crippen LogP contribution >= 0.6 is 0 Å². The molecule has 1 saturated heterocycles.